The van der Waals surface area contributed by atoms with Gasteiger partial charge in [0.1, 0.15) is 12.1 Å². The Morgan fingerprint density at radius 3 is 2.43 bits per heavy atom. The van der Waals surface area contributed by atoms with Crippen LogP contribution in [0.25, 0.3) is 0 Å². The minimum Gasteiger partial charge on any atom is -0.463 e. The Hall–Kier alpha value is -1.35. The molecule has 1 atom stereocenters. The van der Waals surface area contributed by atoms with Gasteiger partial charge in [-0.2, -0.15) is 0 Å². The largest absolute Gasteiger partial charge is 0.463 e. The summed E-state index contributed by atoms with van der Waals surface area (Å²) in [5.41, 5.74) is 1.17. The van der Waals surface area contributed by atoms with E-state index in [4.69, 9.17) is 4.74 Å². The third-order valence-electron chi connectivity index (χ3n) is 5.68. The van der Waals surface area contributed by atoms with Crippen LogP contribution < -0.4 is 5.32 Å². The number of morpholine rings is 1. The van der Waals surface area contributed by atoms with E-state index in [0.29, 0.717) is 17.9 Å². The van der Waals surface area contributed by atoms with Crippen LogP contribution in [0.2, 0.25) is 0 Å². The Kier molecular flexibility index (Phi) is 4.50. The topological polar surface area (TPSA) is 38.3 Å². The number of carbonyl (C=O) groups excluding carboxylic acids is 1. The Morgan fingerprint density at radius 2 is 1.83 bits per heavy atom. The molecule has 3 heteroatoms. The molecule has 1 saturated heterocycles. The minimum absolute atomic E-state index is 0.0332. The van der Waals surface area contributed by atoms with Crippen LogP contribution in [0.5, 0.6) is 0 Å². The lowest BCUT2D eigenvalue weighted by Gasteiger charge is -2.46. The molecule has 0 radical (unpaired) electrons. The molecular formula is C20H29NO2. The Balaban J connectivity index is 1.66. The molecule has 0 unspecified atom stereocenters. The molecule has 1 spiro atoms. The number of ether oxygens (including phenoxy) is 1. The maximum atomic E-state index is 12.4. The molecule has 2 fully saturated rings. The number of rotatable bonds is 2. The summed E-state index contributed by atoms with van der Waals surface area (Å²) in [4.78, 5) is 12.4. The van der Waals surface area contributed by atoms with Gasteiger partial charge >= 0.3 is 5.97 Å². The molecule has 2 aliphatic rings. The molecule has 1 heterocycles. The van der Waals surface area contributed by atoms with Gasteiger partial charge in [0.05, 0.1) is 0 Å². The molecule has 1 aliphatic carbocycles. The van der Waals surface area contributed by atoms with Crippen molar-refractivity contribution in [2.24, 2.45) is 11.3 Å². The van der Waals surface area contributed by atoms with E-state index < -0.39 is 5.54 Å². The summed E-state index contributed by atoms with van der Waals surface area (Å²) in [7, 11) is 0. The Morgan fingerprint density at radius 1 is 1.17 bits per heavy atom. The molecule has 1 N–H and O–H groups in total. The molecule has 0 bridgehead atoms. The third-order valence-corrected chi connectivity index (χ3v) is 5.68. The van der Waals surface area contributed by atoms with Crippen LogP contribution in [0.4, 0.5) is 0 Å². The number of hydrogen-bond acceptors (Lipinski definition) is 3. The molecular weight excluding hydrogens is 286 g/mol. The van der Waals surface area contributed by atoms with E-state index in [2.05, 4.69) is 50.4 Å². The van der Waals surface area contributed by atoms with Crippen LogP contribution in [0.15, 0.2) is 30.3 Å². The quantitative estimate of drug-likeness (QED) is 0.845. The van der Waals surface area contributed by atoms with Gasteiger partial charge in [0.15, 0.2) is 0 Å². The summed E-state index contributed by atoms with van der Waals surface area (Å²) in [6.45, 7) is 7.40. The smallest absolute Gasteiger partial charge is 0.326 e. The van der Waals surface area contributed by atoms with Crippen molar-refractivity contribution in [3.8, 4) is 0 Å². The SMILES string of the molecule is CC(C)(C)C1CCC2(CC1)N[C@@H](Cc1ccccc1)COC2=O. The van der Waals surface area contributed by atoms with E-state index in [9.17, 15) is 4.79 Å². The fourth-order valence-electron chi connectivity index (χ4n) is 4.14. The molecule has 1 aliphatic heterocycles. The van der Waals surface area contributed by atoms with E-state index >= 15 is 0 Å². The van der Waals surface area contributed by atoms with Crippen LogP contribution in [0, 0.1) is 11.3 Å². The fourth-order valence-corrected chi connectivity index (χ4v) is 4.14. The van der Waals surface area contributed by atoms with Crippen molar-refractivity contribution in [3.63, 3.8) is 0 Å². The summed E-state index contributed by atoms with van der Waals surface area (Å²) in [5, 5.41) is 3.66. The first-order valence-electron chi connectivity index (χ1n) is 8.88. The summed E-state index contributed by atoms with van der Waals surface area (Å²) in [5.74, 6) is 0.659. The lowest BCUT2D eigenvalue weighted by Crippen LogP contribution is -2.64. The van der Waals surface area contributed by atoms with Crippen LogP contribution in [0.1, 0.15) is 52.0 Å². The fraction of sp³-hybridized carbons (Fsp3) is 0.650. The Labute approximate surface area is 139 Å². The first kappa shape index (κ1) is 16.5. The second-order valence-electron chi connectivity index (χ2n) is 8.35. The molecule has 126 valence electrons. The molecule has 0 amide bonds. The highest BCUT2D eigenvalue weighted by molar-refractivity contribution is 5.81. The first-order valence-corrected chi connectivity index (χ1v) is 8.88. The minimum atomic E-state index is -0.445. The van der Waals surface area contributed by atoms with Gasteiger partial charge in [0, 0.05) is 6.04 Å². The van der Waals surface area contributed by atoms with Crippen LogP contribution in [0.3, 0.4) is 0 Å². The second kappa shape index (κ2) is 6.27. The lowest BCUT2D eigenvalue weighted by molar-refractivity contribution is -0.162. The van der Waals surface area contributed by atoms with Crippen molar-refractivity contribution in [1.82, 2.24) is 5.32 Å². The van der Waals surface area contributed by atoms with Crippen molar-refractivity contribution in [3.05, 3.63) is 35.9 Å². The summed E-state index contributed by atoms with van der Waals surface area (Å²) >= 11 is 0. The average Bonchev–Trinajstić information content (AvgIpc) is 2.52. The molecule has 3 nitrogen and oxygen atoms in total. The van der Waals surface area contributed by atoms with Crippen molar-refractivity contribution in [2.75, 3.05) is 6.61 Å². The third kappa shape index (κ3) is 3.60. The van der Waals surface area contributed by atoms with Gasteiger partial charge in [0.25, 0.3) is 0 Å². The molecule has 0 aromatic heterocycles. The molecule has 1 aromatic carbocycles. The number of esters is 1. The van der Waals surface area contributed by atoms with E-state index in [1.807, 2.05) is 6.07 Å². The maximum absolute atomic E-state index is 12.4. The normalized spacial score (nSPS) is 31.9. The zero-order valence-electron chi connectivity index (χ0n) is 14.6. The monoisotopic (exact) mass is 315 g/mol. The van der Waals surface area contributed by atoms with Crippen molar-refractivity contribution >= 4 is 5.97 Å². The molecule has 1 aromatic rings. The number of benzene rings is 1. The summed E-state index contributed by atoms with van der Waals surface area (Å²) in [6.07, 6.45) is 4.92. The predicted octanol–water partition coefficient (Wildman–Crippen LogP) is 3.72. The van der Waals surface area contributed by atoms with Gasteiger partial charge in [-0.25, -0.2) is 0 Å². The predicted molar refractivity (Wildman–Crippen MR) is 92.2 cm³/mol. The van der Waals surface area contributed by atoms with E-state index in [0.717, 1.165) is 32.1 Å². The van der Waals surface area contributed by atoms with Gasteiger partial charge in [-0.15, -0.1) is 0 Å². The first-order chi connectivity index (χ1) is 10.9. The van der Waals surface area contributed by atoms with Crippen molar-refractivity contribution < 1.29 is 9.53 Å². The number of cyclic esters (lactones) is 1. The van der Waals surface area contributed by atoms with Gasteiger partial charge in [-0.1, -0.05) is 51.1 Å². The molecule has 1 saturated carbocycles. The lowest BCUT2D eigenvalue weighted by atomic mass is 9.67. The van der Waals surface area contributed by atoms with Gasteiger partial charge in [-0.3, -0.25) is 10.1 Å². The van der Waals surface area contributed by atoms with E-state index in [1.54, 1.807) is 0 Å². The summed E-state index contributed by atoms with van der Waals surface area (Å²) < 4.78 is 5.58. The van der Waals surface area contributed by atoms with Crippen LogP contribution in [-0.2, 0) is 16.0 Å². The highest BCUT2D eigenvalue weighted by Crippen LogP contribution is 2.42. The average molecular weight is 315 g/mol. The van der Waals surface area contributed by atoms with Crippen molar-refractivity contribution in [2.45, 2.75) is 64.5 Å². The van der Waals surface area contributed by atoms with E-state index in [1.165, 1.54) is 5.56 Å². The van der Waals surface area contributed by atoms with Crippen LogP contribution >= 0.6 is 0 Å². The second-order valence-corrected chi connectivity index (χ2v) is 8.35. The number of nitrogens with one attached hydrogen (secondary N) is 1. The summed E-state index contributed by atoms with van der Waals surface area (Å²) in [6, 6.07) is 10.7. The zero-order chi connectivity index (χ0) is 16.5. The Bertz CT molecular complexity index is 539. The molecule has 23 heavy (non-hydrogen) atoms. The number of hydrogen-bond donors (Lipinski definition) is 1. The van der Waals surface area contributed by atoms with Gasteiger partial charge in [0.2, 0.25) is 0 Å². The zero-order valence-corrected chi connectivity index (χ0v) is 14.6. The standard InChI is InChI=1S/C20H29NO2/c1-19(2,3)16-9-11-20(12-10-16)18(22)23-14-17(21-20)13-15-7-5-4-6-8-15/h4-8,16-17,21H,9-14H2,1-3H3/t16?,17-,20?/m0/s1. The number of carbonyl (C=O) groups is 1. The highest BCUT2D eigenvalue weighted by Gasteiger charge is 2.48. The van der Waals surface area contributed by atoms with Gasteiger partial charge < -0.3 is 4.74 Å². The highest BCUT2D eigenvalue weighted by atomic mass is 16.5. The molecule has 3 rings (SSSR count). The maximum Gasteiger partial charge on any atom is 0.326 e. The van der Waals surface area contributed by atoms with Crippen LogP contribution in [-0.4, -0.2) is 24.2 Å². The van der Waals surface area contributed by atoms with Crippen molar-refractivity contribution in [1.29, 1.82) is 0 Å². The van der Waals surface area contributed by atoms with E-state index in [-0.39, 0.29) is 12.0 Å². The van der Waals surface area contributed by atoms with Gasteiger partial charge in [-0.05, 0) is 49.0 Å².